The zero-order valence-electron chi connectivity index (χ0n) is 18.4. The summed E-state index contributed by atoms with van der Waals surface area (Å²) in [5, 5.41) is 19.0. The highest BCUT2D eigenvalue weighted by Gasteiger charge is 2.54. The third-order valence-electron chi connectivity index (χ3n) is 6.10. The molecule has 1 amide bonds. The van der Waals surface area contributed by atoms with E-state index in [-0.39, 0.29) is 19.5 Å². The van der Waals surface area contributed by atoms with Crippen molar-refractivity contribution in [1.29, 1.82) is 0 Å². The quantitative estimate of drug-likeness (QED) is 0.491. The molecule has 34 heavy (non-hydrogen) atoms. The maximum Gasteiger partial charge on any atom is 0.307 e. The molecule has 4 rings (SSSR count). The molecule has 1 aliphatic rings. The number of nitrogens with zero attached hydrogens (tertiary/aromatic N) is 1. The van der Waals surface area contributed by atoms with Crippen molar-refractivity contribution < 1.29 is 29.3 Å². The van der Waals surface area contributed by atoms with Crippen LogP contribution in [-0.2, 0) is 27.5 Å². The number of carboxylic acid groups (broad SMARTS) is 2. The summed E-state index contributed by atoms with van der Waals surface area (Å²) in [4.78, 5) is 38.2. The summed E-state index contributed by atoms with van der Waals surface area (Å²) < 4.78 is 5.82. The number of hydrogen-bond donors (Lipinski definition) is 2. The summed E-state index contributed by atoms with van der Waals surface area (Å²) in [7, 11) is 0. The Hall–Kier alpha value is -4.13. The maximum atomic E-state index is 13.4. The van der Waals surface area contributed by atoms with E-state index in [1.807, 2.05) is 72.8 Å². The summed E-state index contributed by atoms with van der Waals surface area (Å²) in [6, 6.07) is 26.0. The molecule has 7 nitrogen and oxygen atoms in total. The van der Waals surface area contributed by atoms with Crippen LogP contribution in [0.2, 0.25) is 0 Å². The van der Waals surface area contributed by atoms with Gasteiger partial charge in [-0.05, 0) is 41.8 Å². The standard InChI is InChI=1S/C27H25NO6/c29-25(24-22(26(30)31)15-23(24)27(32)33)28(16-18-7-3-1-4-8-18)17-19-11-13-21(14-12-19)34-20-9-5-2-6-10-20/h1-14,22-24H,15-17H2,(H,30,31)(H,32,33). The van der Waals surface area contributed by atoms with E-state index in [0.29, 0.717) is 11.5 Å². The average Bonchev–Trinajstić information content (AvgIpc) is 2.80. The Bertz CT molecular complexity index is 1130. The van der Waals surface area contributed by atoms with Gasteiger partial charge in [0.1, 0.15) is 11.5 Å². The van der Waals surface area contributed by atoms with Crippen molar-refractivity contribution in [3.8, 4) is 11.5 Å². The number of carbonyl (C=O) groups excluding carboxylic acids is 1. The number of aliphatic carboxylic acids is 2. The number of rotatable bonds is 9. The molecule has 3 aromatic rings. The molecule has 2 N–H and O–H groups in total. The Morgan fingerprint density at radius 1 is 0.706 bits per heavy atom. The van der Waals surface area contributed by atoms with Gasteiger partial charge in [-0.2, -0.15) is 0 Å². The molecule has 2 unspecified atom stereocenters. The molecule has 0 radical (unpaired) electrons. The zero-order valence-corrected chi connectivity index (χ0v) is 18.4. The van der Waals surface area contributed by atoms with Crippen LogP contribution in [-0.4, -0.2) is 33.0 Å². The molecule has 1 aliphatic carbocycles. The van der Waals surface area contributed by atoms with Crippen LogP contribution < -0.4 is 4.74 Å². The van der Waals surface area contributed by atoms with Gasteiger partial charge in [0, 0.05) is 13.1 Å². The van der Waals surface area contributed by atoms with Gasteiger partial charge in [-0.1, -0.05) is 60.7 Å². The van der Waals surface area contributed by atoms with E-state index in [2.05, 4.69) is 0 Å². The summed E-state index contributed by atoms with van der Waals surface area (Å²) in [5.74, 6) is -4.45. The predicted molar refractivity (Wildman–Crippen MR) is 124 cm³/mol. The molecule has 1 fully saturated rings. The minimum Gasteiger partial charge on any atom is -0.481 e. The average molecular weight is 459 g/mol. The first-order valence-corrected chi connectivity index (χ1v) is 11.0. The second-order valence-electron chi connectivity index (χ2n) is 8.39. The van der Waals surface area contributed by atoms with Crippen LogP contribution in [0.15, 0.2) is 84.9 Å². The highest BCUT2D eigenvalue weighted by atomic mass is 16.5. The highest BCUT2D eigenvalue weighted by molar-refractivity contribution is 5.92. The fourth-order valence-corrected chi connectivity index (χ4v) is 4.24. The Kier molecular flexibility index (Phi) is 6.92. The lowest BCUT2D eigenvalue weighted by Gasteiger charge is -2.41. The van der Waals surface area contributed by atoms with Crippen LogP contribution in [0, 0.1) is 17.8 Å². The van der Waals surface area contributed by atoms with E-state index < -0.39 is 35.6 Å². The summed E-state index contributed by atoms with van der Waals surface area (Å²) in [5.41, 5.74) is 1.70. The summed E-state index contributed by atoms with van der Waals surface area (Å²) in [6.07, 6.45) is -0.0359. The largest absolute Gasteiger partial charge is 0.481 e. The molecule has 0 saturated heterocycles. The van der Waals surface area contributed by atoms with Crippen molar-refractivity contribution in [2.45, 2.75) is 19.5 Å². The molecular weight excluding hydrogens is 434 g/mol. The Morgan fingerprint density at radius 3 is 1.71 bits per heavy atom. The lowest BCUT2D eigenvalue weighted by Crippen LogP contribution is -2.53. The molecule has 0 heterocycles. The van der Waals surface area contributed by atoms with E-state index in [4.69, 9.17) is 4.74 Å². The molecule has 1 saturated carbocycles. The maximum absolute atomic E-state index is 13.4. The Labute approximate surface area is 197 Å². The van der Waals surface area contributed by atoms with Crippen LogP contribution in [0.25, 0.3) is 0 Å². The lowest BCUT2D eigenvalue weighted by atomic mass is 9.64. The number of amides is 1. The number of hydrogen-bond acceptors (Lipinski definition) is 4. The van der Waals surface area contributed by atoms with Gasteiger partial charge in [-0.25, -0.2) is 0 Å². The predicted octanol–water partition coefficient (Wildman–Crippen LogP) is 4.43. The molecule has 0 bridgehead atoms. The van der Waals surface area contributed by atoms with Crippen LogP contribution in [0.1, 0.15) is 17.5 Å². The van der Waals surface area contributed by atoms with E-state index >= 15 is 0 Å². The van der Waals surface area contributed by atoms with Crippen LogP contribution in [0.4, 0.5) is 0 Å². The first-order valence-electron chi connectivity index (χ1n) is 11.0. The molecule has 0 aromatic heterocycles. The first kappa shape index (κ1) is 23.0. The third-order valence-corrected chi connectivity index (χ3v) is 6.10. The van der Waals surface area contributed by atoms with Crippen molar-refractivity contribution >= 4 is 17.8 Å². The monoisotopic (exact) mass is 459 g/mol. The smallest absolute Gasteiger partial charge is 0.307 e. The van der Waals surface area contributed by atoms with Crippen molar-refractivity contribution in [3.05, 3.63) is 96.1 Å². The van der Waals surface area contributed by atoms with Gasteiger partial charge in [0.25, 0.3) is 0 Å². The van der Waals surface area contributed by atoms with E-state index in [1.54, 1.807) is 12.1 Å². The van der Waals surface area contributed by atoms with Crippen molar-refractivity contribution in [3.63, 3.8) is 0 Å². The third kappa shape index (κ3) is 5.26. The summed E-state index contributed by atoms with van der Waals surface area (Å²) in [6.45, 7) is 0.464. The number of carbonyl (C=O) groups is 3. The van der Waals surface area contributed by atoms with Gasteiger partial charge in [0.05, 0.1) is 17.8 Å². The van der Waals surface area contributed by atoms with Crippen molar-refractivity contribution in [1.82, 2.24) is 4.90 Å². The molecule has 0 spiro atoms. The van der Waals surface area contributed by atoms with Gasteiger partial charge in [0.2, 0.25) is 5.91 Å². The van der Waals surface area contributed by atoms with Crippen molar-refractivity contribution in [2.75, 3.05) is 0 Å². The summed E-state index contributed by atoms with van der Waals surface area (Å²) >= 11 is 0. The molecule has 0 aliphatic heterocycles. The van der Waals surface area contributed by atoms with Gasteiger partial charge in [-0.15, -0.1) is 0 Å². The van der Waals surface area contributed by atoms with Gasteiger partial charge < -0.3 is 19.8 Å². The minimum absolute atomic E-state index is 0.0359. The molecule has 174 valence electrons. The fourth-order valence-electron chi connectivity index (χ4n) is 4.24. The van der Waals surface area contributed by atoms with Crippen LogP contribution in [0.3, 0.4) is 0 Å². The van der Waals surface area contributed by atoms with Crippen LogP contribution >= 0.6 is 0 Å². The number of carboxylic acids is 2. The molecule has 2 atom stereocenters. The molecular formula is C27H25NO6. The van der Waals surface area contributed by atoms with Crippen LogP contribution in [0.5, 0.6) is 11.5 Å². The number of benzene rings is 3. The van der Waals surface area contributed by atoms with Gasteiger partial charge in [0.15, 0.2) is 0 Å². The van der Waals surface area contributed by atoms with Gasteiger partial charge >= 0.3 is 11.9 Å². The lowest BCUT2D eigenvalue weighted by molar-refractivity contribution is -0.171. The van der Waals surface area contributed by atoms with E-state index in [0.717, 1.165) is 11.1 Å². The Morgan fingerprint density at radius 2 is 1.18 bits per heavy atom. The SMILES string of the molecule is O=C(O)C1CC(C(=O)O)C1C(=O)N(Cc1ccccc1)Cc1ccc(Oc2ccccc2)cc1. The Balaban J connectivity index is 1.54. The second kappa shape index (κ2) is 10.2. The topological polar surface area (TPSA) is 104 Å². The minimum atomic E-state index is -1.14. The van der Waals surface area contributed by atoms with Gasteiger partial charge in [-0.3, -0.25) is 14.4 Å². The van der Waals surface area contributed by atoms with Crippen molar-refractivity contribution in [2.24, 2.45) is 17.8 Å². The fraction of sp³-hybridized carbons (Fsp3) is 0.222. The molecule has 7 heteroatoms. The second-order valence-corrected chi connectivity index (χ2v) is 8.39. The normalized spacial score (nSPS) is 19.0. The molecule has 3 aromatic carbocycles. The zero-order chi connectivity index (χ0) is 24.1. The van der Waals surface area contributed by atoms with E-state index in [9.17, 15) is 24.6 Å². The highest BCUT2D eigenvalue weighted by Crippen LogP contribution is 2.42. The first-order chi connectivity index (χ1) is 16.4. The number of ether oxygens (including phenoxy) is 1. The van der Waals surface area contributed by atoms with E-state index in [1.165, 1.54) is 4.90 Å². The number of para-hydroxylation sites is 1.